The summed E-state index contributed by atoms with van der Waals surface area (Å²) in [6, 6.07) is 3.62. The van der Waals surface area contributed by atoms with Crippen LogP contribution >= 0.6 is 0 Å². The van der Waals surface area contributed by atoms with Crippen LogP contribution in [0.5, 0.6) is 5.88 Å². The first kappa shape index (κ1) is 24.7. The van der Waals surface area contributed by atoms with Crippen LogP contribution in [-0.2, 0) is 14.6 Å². The van der Waals surface area contributed by atoms with Gasteiger partial charge in [-0.2, -0.15) is 0 Å². The normalized spacial score (nSPS) is 15.0. The van der Waals surface area contributed by atoms with Crippen LogP contribution in [0.2, 0.25) is 0 Å². The Morgan fingerprint density at radius 3 is 2.58 bits per heavy atom. The number of hydrogen-bond acceptors (Lipinski definition) is 8. The zero-order valence-electron chi connectivity index (χ0n) is 19.1. The van der Waals surface area contributed by atoms with Crippen molar-refractivity contribution in [3.05, 3.63) is 35.9 Å². The summed E-state index contributed by atoms with van der Waals surface area (Å²) in [5.74, 6) is 0.192. The smallest absolute Gasteiger partial charge is 0.407 e. The molecular formula is C22H29FN4O5S. The number of alkyl carbamates (subject to hydrolysis) is 1. The Morgan fingerprint density at radius 1 is 1.27 bits per heavy atom. The topological polar surface area (TPSA) is 120 Å². The SMILES string of the molecule is Cc1c(Nc2ccc(S(C)(=O)=O)cc2F)ncnc1OC(CNC(=O)OC(C)C)C1CCC1. The lowest BCUT2D eigenvalue weighted by molar-refractivity contribution is 0.0702. The van der Waals surface area contributed by atoms with Crippen LogP contribution in [0.3, 0.4) is 0 Å². The molecule has 180 valence electrons. The van der Waals surface area contributed by atoms with E-state index in [1.54, 1.807) is 20.8 Å². The van der Waals surface area contributed by atoms with Gasteiger partial charge in [-0.15, -0.1) is 0 Å². The fraction of sp³-hybridized carbons (Fsp3) is 0.500. The van der Waals surface area contributed by atoms with Crippen molar-refractivity contribution in [1.29, 1.82) is 0 Å². The Kier molecular flexibility index (Phi) is 7.72. The number of carbonyl (C=O) groups excluding carboxylic acids is 1. The zero-order valence-corrected chi connectivity index (χ0v) is 19.9. The van der Waals surface area contributed by atoms with Crippen LogP contribution < -0.4 is 15.4 Å². The minimum absolute atomic E-state index is 0.0730. The van der Waals surface area contributed by atoms with Crippen molar-refractivity contribution < 1.29 is 27.1 Å². The summed E-state index contributed by atoms with van der Waals surface area (Å²) in [5.41, 5.74) is 0.627. The molecular weight excluding hydrogens is 451 g/mol. The highest BCUT2D eigenvalue weighted by Crippen LogP contribution is 2.33. The average Bonchev–Trinajstić information content (AvgIpc) is 2.67. The van der Waals surface area contributed by atoms with Crippen LogP contribution in [0.25, 0.3) is 0 Å². The van der Waals surface area contributed by atoms with E-state index in [0.717, 1.165) is 31.6 Å². The number of carbonyl (C=O) groups is 1. The molecule has 0 saturated heterocycles. The van der Waals surface area contributed by atoms with E-state index in [0.29, 0.717) is 17.3 Å². The number of nitrogens with zero attached hydrogens (tertiary/aromatic N) is 2. The van der Waals surface area contributed by atoms with Gasteiger partial charge in [0, 0.05) is 6.26 Å². The molecule has 1 amide bonds. The fourth-order valence-electron chi connectivity index (χ4n) is 3.33. The van der Waals surface area contributed by atoms with Gasteiger partial charge in [-0.3, -0.25) is 0 Å². The molecule has 1 saturated carbocycles. The Morgan fingerprint density at radius 2 is 2.00 bits per heavy atom. The minimum atomic E-state index is -3.52. The summed E-state index contributed by atoms with van der Waals surface area (Å²) in [5, 5.41) is 5.61. The Balaban J connectivity index is 1.75. The molecule has 1 aliphatic rings. The molecule has 0 spiro atoms. The maximum atomic E-state index is 14.5. The van der Waals surface area contributed by atoms with Crippen LogP contribution in [-0.4, -0.2) is 49.5 Å². The van der Waals surface area contributed by atoms with Crippen molar-refractivity contribution in [1.82, 2.24) is 15.3 Å². The highest BCUT2D eigenvalue weighted by Gasteiger charge is 2.30. The molecule has 33 heavy (non-hydrogen) atoms. The number of hydrogen-bond donors (Lipinski definition) is 2. The molecule has 2 aromatic rings. The second kappa shape index (κ2) is 10.3. The molecule has 9 nitrogen and oxygen atoms in total. The molecule has 1 heterocycles. The van der Waals surface area contributed by atoms with Gasteiger partial charge in [-0.25, -0.2) is 27.6 Å². The van der Waals surface area contributed by atoms with Gasteiger partial charge in [0.05, 0.1) is 28.8 Å². The highest BCUT2D eigenvalue weighted by atomic mass is 32.2. The number of ether oxygens (including phenoxy) is 2. The largest absolute Gasteiger partial charge is 0.472 e. The molecule has 1 atom stereocenters. The van der Waals surface area contributed by atoms with Crippen molar-refractivity contribution in [3.63, 3.8) is 0 Å². The van der Waals surface area contributed by atoms with Crippen molar-refractivity contribution in [2.75, 3.05) is 18.1 Å². The van der Waals surface area contributed by atoms with Gasteiger partial charge >= 0.3 is 6.09 Å². The van der Waals surface area contributed by atoms with Crippen molar-refractivity contribution >= 4 is 27.4 Å². The summed E-state index contributed by atoms with van der Waals surface area (Å²) in [7, 11) is -3.52. The number of halogens is 1. The van der Waals surface area contributed by atoms with E-state index >= 15 is 0 Å². The Bertz CT molecular complexity index is 1110. The molecule has 11 heteroatoms. The number of benzene rings is 1. The van der Waals surface area contributed by atoms with Crippen LogP contribution in [0.1, 0.15) is 38.7 Å². The van der Waals surface area contributed by atoms with Gasteiger partial charge < -0.3 is 20.1 Å². The third-order valence-electron chi connectivity index (χ3n) is 5.39. The third-order valence-corrected chi connectivity index (χ3v) is 6.50. The molecule has 0 aliphatic heterocycles. The predicted octanol–water partition coefficient (Wildman–Crippen LogP) is 3.75. The van der Waals surface area contributed by atoms with Crippen molar-refractivity contribution in [2.24, 2.45) is 5.92 Å². The lowest BCUT2D eigenvalue weighted by Gasteiger charge is -2.34. The van der Waals surface area contributed by atoms with Crippen LogP contribution in [0.15, 0.2) is 29.4 Å². The van der Waals surface area contributed by atoms with E-state index in [-0.39, 0.29) is 35.3 Å². The van der Waals surface area contributed by atoms with Crippen molar-refractivity contribution in [3.8, 4) is 5.88 Å². The van der Waals surface area contributed by atoms with Gasteiger partial charge in [0.15, 0.2) is 9.84 Å². The van der Waals surface area contributed by atoms with E-state index in [1.165, 1.54) is 18.5 Å². The summed E-state index contributed by atoms with van der Waals surface area (Å²) in [4.78, 5) is 20.2. The predicted molar refractivity (Wildman–Crippen MR) is 121 cm³/mol. The van der Waals surface area contributed by atoms with Crippen LogP contribution in [0, 0.1) is 18.7 Å². The van der Waals surface area contributed by atoms with Gasteiger partial charge in [-0.1, -0.05) is 6.42 Å². The number of sulfone groups is 1. The molecule has 3 rings (SSSR count). The zero-order chi connectivity index (χ0) is 24.2. The Hall–Kier alpha value is -2.95. The first-order valence-electron chi connectivity index (χ1n) is 10.7. The first-order valence-corrected chi connectivity index (χ1v) is 12.6. The average molecular weight is 481 g/mol. The molecule has 1 aliphatic carbocycles. The van der Waals surface area contributed by atoms with E-state index < -0.39 is 21.7 Å². The summed E-state index contributed by atoms with van der Waals surface area (Å²) in [6.07, 6.45) is 4.35. The highest BCUT2D eigenvalue weighted by molar-refractivity contribution is 7.90. The quantitative estimate of drug-likeness (QED) is 0.557. The molecule has 1 aromatic heterocycles. The standard InChI is InChI=1S/C22H29FN4O5S/c1-13(2)31-22(28)24-11-19(15-6-5-7-15)32-21-14(3)20(25-12-26-21)27-18-9-8-16(10-17(18)23)33(4,29)30/h8-10,12-13,15,19H,5-7,11H2,1-4H3,(H,24,28)(H,25,26,27). The van der Waals surface area contributed by atoms with E-state index in [2.05, 4.69) is 20.6 Å². The van der Waals surface area contributed by atoms with E-state index in [4.69, 9.17) is 9.47 Å². The van der Waals surface area contributed by atoms with E-state index in [1.807, 2.05) is 0 Å². The summed E-state index contributed by atoms with van der Waals surface area (Å²) in [6.45, 7) is 5.55. The molecule has 0 radical (unpaired) electrons. The maximum absolute atomic E-state index is 14.5. The lowest BCUT2D eigenvalue weighted by atomic mass is 9.81. The number of rotatable bonds is 9. The lowest BCUT2D eigenvalue weighted by Crippen LogP contribution is -2.43. The van der Waals surface area contributed by atoms with Gasteiger partial charge in [0.2, 0.25) is 5.88 Å². The van der Waals surface area contributed by atoms with Crippen LogP contribution in [0.4, 0.5) is 20.7 Å². The molecule has 2 N–H and O–H groups in total. The monoisotopic (exact) mass is 480 g/mol. The Labute approximate surface area is 193 Å². The molecule has 1 fully saturated rings. The molecule has 1 unspecified atom stereocenters. The van der Waals surface area contributed by atoms with Gasteiger partial charge in [0.25, 0.3) is 0 Å². The van der Waals surface area contributed by atoms with Gasteiger partial charge in [-0.05, 0) is 57.7 Å². The third kappa shape index (κ3) is 6.53. The number of anilines is 2. The molecule has 0 bridgehead atoms. The first-order chi connectivity index (χ1) is 15.5. The second-order valence-electron chi connectivity index (χ2n) is 8.37. The van der Waals surface area contributed by atoms with Gasteiger partial charge in [0.1, 0.15) is 24.1 Å². The maximum Gasteiger partial charge on any atom is 0.407 e. The van der Waals surface area contributed by atoms with E-state index in [9.17, 15) is 17.6 Å². The number of aromatic nitrogens is 2. The summed E-state index contributed by atoms with van der Waals surface area (Å²) < 4.78 is 49.0. The summed E-state index contributed by atoms with van der Waals surface area (Å²) >= 11 is 0. The minimum Gasteiger partial charge on any atom is -0.472 e. The molecule has 1 aromatic carbocycles. The van der Waals surface area contributed by atoms with Crippen molar-refractivity contribution in [2.45, 2.75) is 57.1 Å². The fourth-order valence-corrected chi connectivity index (χ4v) is 3.97. The number of nitrogens with one attached hydrogen (secondary N) is 2. The second-order valence-corrected chi connectivity index (χ2v) is 10.4. The number of amides is 1.